The number of nitrogens with zero attached hydrogens (tertiary/aromatic N) is 3. The maximum absolute atomic E-state index is 12.4. The predicted octanol–water partition coefficient (Wildman–Crippen LogP) is 1.13. The lowest BCUT2D eigenvalue weighted by Crippen LogP contribution is -2.08. The lowest BCUT2D eigenvalue weighted by Gasteiger charge is -1.99. The van der Waals surface area contributed by atoms with Gasteiger partial charge in [-0.05, 0) is 6.92 Å². The van der Waals surface area contributed by atoms with Crippen molar-refractivity contribution in [3.63, 3.8) is 0 Å². The average molecular weight is 270 g/mol. The first kappa shape index (κ1) is 12.6. The van der Waals surface area contributed by atoms with Gasteiger partial charge < -0.3 is 5.11 Å². The number of aromatic nitrogens is 4. The number of rotatable bonds is 4. The number of ketones is 1. The Morgan fingerprint density at radius 2 is 2.05 bits per heavy atom. The third kappa shape index (κ3) is 2.10. The Kier molecular flexibility index (Phi) is 3.08. The molecule has 0 saturated carbocycles. The van der Waals surface area contributed by atoms with Crippen LogP contribution in [0.15, 0.2) is 30.3 Å². The highest BCUT2D eigenvalue weighted by molar-refractivity contribution is 6.06. The summed E-state index contributed by atoms with van der Waals surface area (Å²) < 4.78 is 1.55. The van der Waals surface area contributed by atoms with Gasteiger partial charge >= 0.3 is 0 Å². The van der Waals surface area contributed by atoms with Crippen LogP contribution in [-0.4, -0.2) is 37.3 Å². The molecular weight excluding hydrogens is 256 g/mol. The zero-order chi connectivity index (χ0) is 14.1. The van der Waals surface area contributed by atoms with Crippen LogP contribution >= 0.6 is 0 Å². The van der Waals surface area contributed by atoms with Crippen molar-refractivity contribution in [3.8, 4) is 0 Å². The molecule has 0 bridgehead atoms. The van der Waals surface area contributed by atoms with E-state index in [2.05, 4.69) is 15.3 Å². The number of carbonyl (C=O) groups excluding carboxylic acids is 1. The molecule has 0 unspecified atom stereocenters. The predicted molar refractivity (Wildman–Crippen MR) is 72.7 cm³/mol. The number of aliphatic hydroxyl groups excluding tert-OH is 1. The first-order valence-corrected chi connectivity index (χ1v) is 6.34. The van der Waals surface area contributed by atoms with E-state index < -0.39 is 0 Å². The molecule has 6 heteroatoms. The van der Waals surface area contributed by atoms with Gasteiger partial charge in [0.15, 0.2) is 5.65 Å². The van der Waals surface area contributed by atoms with Crippen molar-refractivity contribution in [1.29, 1.82) is 0 Å². The second-order valence-corrected chi connectivity index (χ2v) is 4.67. The van der Waals surface area contributed by atoms with Crippen LogP contribution in [0.5, 0.6) is 0 Å². The molecule has 3 aromatic rings. The molecule has 102 valence electrons. The molecule has 0 aliphatic heterocycles. The molecule has 0 aliphatic carbocycles. The first-order valence-electron chi connectivity index (χ1n) is 6.34. The monoisotopic (exact) mass is 270 g/mol. The van der Waals surface area contributed by atoms with Crippen LogP contribution in [0, 0.1) is 6.92 Å². The van der Waals surface area contributed by atoms with E-state index in [4.69, 9.17) is 5.11 Å². The van der Waals surface area contributed by atoms with Crippen molar-refractivity contribution in [1.82, 2.24) is 19.8 Å². The van der Waals surface area contributed by atoms with E-state index in [1.165, 1.54) is 0 Å². The summed E-state index contributed by atoms with van der Waals surface area (Å²) in [7, 11) is 0. The van der Waals surface area contributed by atoms with Crippen LogP contribution in [0.25, 0.3) is 5.65 Å². The van der Waals surface area contributed by atoms with Crippen LogP contribution in [0.1, 0.15) is 27.4 Å². The molecule has 0 atom stereocenters. The zero-order valence-electron chi connectivity index (χ0n) is 11.0. The molecule has 20 heavy (non-hydrogen) atoms. The fraction of sp³-hybridized carbons (Fsp3) is 0.214. The smallest absolute Gasteiger partial charge is 0.232 e. The van der Waals surface area contributed by atoms with Gasteiger partial charge in [0.25, 0.3) is 0 Å². The lowest BCUT2D eigenvalue weighted by atomic mass is 10.1. The van der Waals surface area contributed by atoms with Crippen molar-refractivity contribution in [2.45, 2.75) is 13.3 Å². The number of aryl methyl sites for hydroxylation is 1. The minimum Gasteiger partial charge on any atom is -0.396 e. The minimum atomic E-state index is -0.185. The molecule has 6 nitrogen and oxygen atoms in total. The van der Waals surface area contributed by atoms with Crippen molar-refractivity contribution in [2.24, 2.45) is 0 Å². The largest absolute Gasteiger partial charge is 0.396 e. The number of hydrogen-bond donors (Lipinski definition) is 2. The average Bonchev–Trinajstić information content (AvgIpc) is 2.99. The molecular formula is C14H14N4O2. The topological polar surface area (TPSA) is 83.3 Å². The second-order valence-electron chi connectivity index (χ2n) is 4.67. The van der Waals surface area contributed by atoms with E-state index in [9.17, 15) is 4.79 Å². The molecule has 2 heterocycles. The van der Waals surface area contributed by atoms with E-state index in [0.29, 0.717) is 17.6 Å². The van der Waals surface area contributed by atoms with Crippen LogP contribution in [0.2, 0.25) is 0 Å². The molecule has 2 N–H and O–H groups in total. The Labute approximate surface area is 115 Å². The Balaban J connectivity index is 2.00. The molecule has 0 saturated heterocycles. The van der Waals surface area contributed by atoms with E-state index in [1.807, 2.05) is 19.1 Å². The third-order valence-electron chi connectivity index (χ3n) is 3.14. The zero-order valence-corrected chi connectivity index (χ0v) is 11.0. The van der Waals surface area contributed by atoms with Gasteiger partial charge in [0.05, 0.1) is 0 Å². The van der Waals surface area contributed by atoms with Crippen molar-refractivity contribution in [2.75, 3.05) is 6.61 Å². The van der Waals surface area contributed by atoms with E-state index in [1.54, 1.807) is 22.7 Å². The molecule has 2 aromatic heterocycles. The number of H-pyrrole nitrogens is 1. The van der Waals surface area contributed by atoms with Crippen LogP contribution in [-0.2, 0) is 6.42 Å². The van der Waals surface area contributed by atoms with Gasteiger partial charge in [-0.15, -0.1) is 10.2 Å². The van der Waals surface area contributed by atoms with Gasteiger partial charge in [-0.25, -0.2) is 4.52 Å². The number of carbonyl (C=O) groups is 1. The number of aromatic amines is 1. The first-order chi connectivity index (χ1) is 9.69. The van der Waals surface area contributed by atoms with E-state index in [0.717, 1.165) is 11.3 Å². The van der Waals surface area contributed by atoms with Gasteiger partial charge in [-0.3, -0.25) is 9.89 Å². The molecule has 0 aliphatic rings. The van der Waals surface area contributed by atoms with Crippen molar-refractivity contribution in [3.05, 3.63) is 53.0 Å². The normalized spacial score (nSPS) is 11.1. The number of benzene rings is 1. The quantitative estimate of drug-likeness (QED) is 0.696. The van der Waals surface area contributed by atoms with Gasteiger partial charge in [0.1, 0.15) is 0 Å². The fourth-order valence-electron chi connectivity index (χ4n) is 2.06. The molecule has 0 fully saturated rings. The summed E-state index contributed by atoms with van der Waals surface area (Å²) in [6.45, 7) is 2.01. The summed E-state index contributed by atoms with van der Waals surface area (Å²) in [4.78, 5) is 12.4. The number of hydrogen-bond acceptors (Lipinski definition) is 4. The third-order valence-corrected chi connectivity index (χ3v) is 3.14. The highest BCUT2D eigenvalue weighted by atomic mass is 16.3. The highest BCUT2D eigenvalue weighted by Gasteiger charge is 2.18. The van der Waals surface area contributed by atoms with Crippen molar-refractivity contribution >= 4 is 11.4 Å². The second kappa shape index (κ2) is 4.90. The van der Waals surface area contributed by atoms with Gasteiger partial charge in [0, 0.05) is 30.4 Å². The molecule has 0 amide bonds. The number of fused-ring (bicyclic) bond motifs is 1. The Morgan fingerprint density at radius 1 is 1.30 bits per heavy atom. The van der Waals surface area contributed by atoms with Crippen LogP contribution < -0.4 is 0 Å². The Bertz CT molecular complexity index is 755. The van der Waals surface area contributed by atoms with E-state index in [-0.39, 0.29) is 18.2 Å². The highest BCUT2D eigenvalue weighted by Crippen LogP contribution is 2.12. The Morgan fingerprint density at radius 3 is 2.75 bits per heavy atom. The lowest BCUT2D eigenvalue weighted by molar-refractivity contribution is 0.102. The van der Waals surface area contributed by atoms with Crippen LogP contribution in [0.4, 0.5) is 0 Å². The summed E-state index contributed by atoms with van der Waals surface area (Å²) >= 11 is 0. The summed E-state index contributed by atoms with van der Waals surface area (Å²) in [5.74, 6) is 0.0583. The van der Waals surface area contributed by atoms with Gasteiger partial charge in [0.2, 0.25) is 11.6 Å². The number of aliphatic hydroxyl groups is 1. The standard InChI is InChI=1S/C14H14N4O2/c1-9-2-4-10(5-3-9)13(20)14-16-15-12-8-11(6-7-19)17-18(12)14/h2-5,8,17,19H,6-7H2,1H3. The van der Waals surface area contributed by atoms with Crippen LogP contribution in [0.3, 0.4) is 0 Å². The molecule has 0 radical (unpaired) electrons. The summed E-state index contributed by atoms with van der Waals surface area (Å²) in [6, 6.07) is 9.09. The fourth-order valence-corrected chi connectivity index (χ4v) is 2.06. The molecule has 3 rings (SSSR count). The molecule has 1 aromatic carbocycles. The maximum Gasteiger partial charge on any atom is 0.232 e. The summed E-state index contributed by atoms with van der Waals surface area (Å²) in [6.07, 6.45) is 0.488. The number of nitrogens with one attached hydrogen (secondary N) is 1. The Hall–Kier alpha value is -2.47. The minimum absolute atomic E-state index is 0.0400. The van der Waals surface area contributed by atoms with Gasteiger partial charge in [-0.2, -0.15) is 0 Å². The van der Waals surface area contributed by atoms with Gasteiger partial charge in [-0.1, -0.05) is 29.8 Å². The SMILES string of the molecule is Cc1ccc(C(=O)c2nnc3cc(CCO)[nH]n23)cc1. The van der Waals surface area contributed by atoms with E-state index >= 15 is 0 Å². The van der Waals surface area contributed by atoms with Crippen molar-refractivity contribution < 1.29 is 9.90 Å². The maximum atomic E-state index is 12.4. The summed E-state index contributed by atoms with van der Waals surface area (Å²) in [5, 5.41) is 19.8. The summed E-state index contributed by atoms with van der Waals surface area (Å²) in [5.41, 5.74) is 3.06. The molecule has 0 spiro atoms.